The number of carbonyl (C=O) groups excluding carboxylic acids is 1. The Morgan fingerprint density at radius 1 is 1.13 bits per heavy atom. The van der Waals surface area contributed by atoms with Gasteiger partial charge in [0, 0.05) is 17.0 Å². The topological polar surface area (TPSA) is 63.2 Å². The van der Waals surface area contributed by atoms with Crippen molar-refractivity contribution in [2.75, 3.05) is 17.3 Å². The summed E-state index contributed by atoms with van der Waals surface area (Å²) in [4.78, 5) is 13.2. The molecule has 23 heavy (non-hydrogen) atoms. The summed E-state index contributed by atoms with van der Waals surface area (Å²) in [7, 11) is -3.44. The van der Waals surface area contributed by atoms with Crippen LogP contribution in [0.3, 0.4) is 0 Å². The summed E-state index contributed by atoms with van der Waals surface area (Å²) in [6, 6.07) is 14.1. The quantitative estimate of drug-likeness (QED) is 0.811. The number of hydrogen-bond donors (Lipinski definition) is 1. The van der Waals surface area contributed by atoms with E-state index in [1.807, 2.05) is 31.4 Å². The molecule has 1 amide bonds. The fourth-order valence-electron chi connectivity index (χ4n) is 2.01. The molecule has 0 spiro atoms. The van der Waals surface area contributed by atoms with Crippen LogP contribution in [-0.2, 0) is 14.6 Å². The number of amides is 1. The SMILES string of the molecule is CSc1cccc(NC(=O)CCS(=O)(=O)c2ccc(C)cc2)c1. The van der Waals surface area contributed by atoms with E-state index < -0.39 is 9.84 Å². The summed E-state index contributed by atoms with van der Waals surface area (Å²) in [6.07, 6.45) is 1.88. The maximum atomic E-state index is 12.2. The van der Waals surface area contributed by atoms with E-state index in [-0.39, 0.29) is 23.0 Å². The van der Waals surface area contributed by atoms with Gasteiger partial charge in [-0.05, 0) is 43.5 Å². The molecule has 0 bridgehead atoms. The van der Waals surface area contributed by atoms with Gasteiger partial charge < -0.3 is 5.32 Å². The Morgan fingerprint density at radius 3 is 2.48 bits per heavy atom. The van der Waals surface area contributed by atoms with E-state index in [0.29, 0.717) is 5.69 Å². The van der Waals surface area contributed by atoms with Gasteiger partial charge in [-0.3, -0.25) is 4.79 Å². The van der Waals surface area contributed by atoms with E-state index in [1.165, 1.54) is 0 Å². The van der Waals surface area contributed by atoms with E-state index in [2.05, 4.69) is 5.32 Å². The molecule has 0 heterocycles. The molecule has 0 aromatic heterocycles. The highest BCUT2D eigenvalue weighted by molar-refractivity contribution is 7.98. The summed E-state index contributed by atoms with van der Waals surface area (Å²) >= 11 is 1.58. The Labute approximate surface area is 141 Å². The molecule has 0 aliphatic carbocycles. The number of sulfone groups is 1. The molecule has 0 atom stereocenters. The average Bonchev–Trinajstić information content (AvgIpc) is 2.54. The third kappa shape index (κ3) is 5.11. The van der Waals surface area contributed by atoms with Gasteiger partial charge in [0.25, 0.3) is 0 Å². The first-order chi connectivity index (χ1) is 10.9. The number of aryl methyl sites for hydroxylation is 1. The van der Waals surface area contributed by atoms with Gasteiger partial charge in [-0.1, -0.05) is 23.8 Å². The normalized spacial score (nSPS) is 11.2. The van der Waals surface area contributed by atoms with Gasteiger partial charge in [-0.25, -0.2) is 8.42 Å². The summed E-state index contributed by atoms with van der Waals surface area (Å²) in [5.74, 6) is -0.511. The van der Waals surface area contributed by atoms with Crippen molar-refractivity contribution in [2.24, 2.45) is 0 Å². The predicted molar refractivity (Wildman–Crippen MR) is 94.7 cm³/mol. The largest absolute Gasteiger partial charge is 0.326 e. The molecule has 122 valence electrons. The molecule has 0 saturated carbocycles. The van der Waals surface area contributed by atoms with Crippen LogP contribution in [0.5, 0.6) is 0 Å². The molecule has 0 saturated heterocycles. The second-order valence-electron chi connectivity index (χ2n) is 5.16. The maximum Gasteiger partial charge on any atom is 0.225 e. The molecule has 2 aromatic rings. The van der Waals surface area contributed by atoms with Crippen molar-refractivity contribution in [1.29, 1.82) is 0 Å². The smallest absolute Gasteiger partial charge is 0.225 e. The third-order valence-electron chi connectivity index (χ3n) is 3.33. The molecular formula is C17H19NO3S2. The number of thioether (sulfide) groups is 1. The molecular weight excluding hydrogens is 330 g/mol. The minimum Gasteiger partial charge on any atom is -0.326 e. The molecule has 1 N–H and O–H groups in total. The van der Waals surface area contributed by atoms with E-state index in [0.717, 1.165) is 10.5 Å². The fraction of sp³-hybridized carbons (Fsp3) is 0.235. The van der Waals surface area contributed by atoms with Crippen molar-refractivity contribution in [3.8, 4) is 0 Å². The standard InChI is InChI=1S/C17H19NO3S2/c1-13-6-8-16(9-7-13)23(20,21)11-10-17(19)18-14-4-3-5-15(12-14)22-2/h3-9,12H,10-11H2,1-2H3,(H,18,19). The third-order valence-corrected chi connectivity index (χ3v) is 5.79. The molecule has 6 heteroatoms. The summed E-state index contributed by atoms with van der Waals surface area (Å²) < 4.78 is 24.4. The number of benzene rings is 2. The lowest BCUT2D eigenvalue weighted by Gasteiger charge is -2.07. The van der Waals surface area contributed by atoms with Crippen LogP contribution >= 0.6 is 11.8 Å². The van der Waals surface area contributed by atoms with Crippen LogP contribution in [0.4, 0.5) is 5.69 Å². The first-order valence-electron chi connectivity index (χ1n) is 7.14. The second kappa shape index (κ2) is 7.66. The Bertz CT molecular complexity index is 784. The summed E-state index contributed by atoms with van der Waals surface area (Å²) in [6.45, 7) is 1.90. The predicted octanol–water partition coefficient (Wildman–Crippen LogP) is 3.52. The molecule has 0 aliphatic rings. The average molecular weight is 349 g/mol. The van der Waals surface area contributed by atoms with Crippen molar-refractivity contribution >= 4 is 33.2 Å². The van der Waals surface area contributed by atoms with Crippen molar-refractivity contribution in [2.45, 2.75) is 23.1 Å². The van der Waals surface area contributed by atoms with Gasteiger partial charge in [0.2, 0.25) is 5.91 Å². The fourth-order valence-corrected chi connectivity index (χ4v) is 3.71. The number of carbonyl (C=O) groups is 1. The van der Waals surface area contributed by atoms with E-state index in [9.17, 15) is 13.2 Å². The van der Waals surface area contributed by atoms with Gasteiger partial charge in [0.05, 0.1) is 10.6 Å². The highest BCUT2D eigenvalue weighted by atomic mass is 32.2. The van der Waals surface area contributed by atoms with Crippen molar-refractivity contribution in [3.63, 3.8) is 0 Å². The molecule has 0 unspecified atom stereocenters. The van der Waals surface area contributed by atoms with E-state index in [1.54, 1.807) is 42.1 Å². The molecule has 0 radical (unpaired) electrons. The highest BCUT2D eigenvalue weighted by Crippen LogP contribution is 2.19. The lowest BCUT2D eigenvalue weighted by atomic mass is 10.2. The summed E-state index contributed by atoms with van der Waals surface area (Å²) in [5, 5.41) is 2.73. The van der Waals surface area contributed by atoms with Gasteiger partial charge >= 0.3 is 0 Å². The lowest BCUT2D eigenvalue weighted by molar-refractivity contribution is -0.115. The van der Waals surface area contributed by atoms with Crippen LogP contribution in [0.2, 0.25) is 0 Å². The minimum absolute atomic E-state index is 0.0697. The molecule has 2 aromatic carbocycles. The number of hydrogen-bond acceptors (Lipinski definition) is 4. The van der Waals surface area contributed by atoms with Crippen LogP contribution in [0.25, 0.3) is 0 Å². The Balaban J connectivity index is 1.96. The number of anilines is 1. The molecule has 4 nitrogen and oxygen atoms in total. The van der Waals surface area contributed by atoms with Gasteiger partial charge in [-0.2, -0.15) is 0 Å². The minimum atomic E-state index is -3.44. The van der Waals surface area contributed by atoms with Crippen LogP contribution in [0.1, 0.15) is 12.0 Å². The lowest BCUT2D eigenvalue weighted by Crippen LogP contribution is -2.17. The zero-order valence-electron chi connectivity index (χ0n) is 13.1. The highest BCUT2D eigenvalue weighted by Gasteiger charge is 2.16. The zero-order valence-corrected chi connectivity index (χ0v) is 14.7. The van der Waals surface area contributed by atoms with Crippen LogP contribution < -0.4 is 5.32 Å². The molecule has 0 aliphatic heterocycles. The van der Waals surface area contributed by atoms with Gasteiger partial charge in [0.1, 0.15) is 0 Å². The monoisotopic (exact) mass is 349 g/mol. The molecule has 2 rings (SSSR count). The van der Waals surface area contributed by atoms with Crippen LogP contribution in [-0.4, -0.2) is 26.3 Å². The van der Waals surface area contributed by atoms with E-state index in [4.69, 9.17) is 0 Å². The molecule has 0 fully saturated rings. The van der Waals surface area contributed by atoms with Gasteiger partial charge in [0.15, 0.2) is 9.84 Å². The number of rotatable bonds is 6. The Kier molecular flexibility index (Phi) is 5.85. The maximum absolute atomic E-state index is 12.2. The van der Waals surface area contributed by atoms with Gasteiger partial charge in [-0.15, -0.1) is 11.8 Å². The zero-order chi connectivity index (χ0) is 16.9. The van der Waals surface area contributed by atoms with Crippen LogP contribution in [0, 0.1) is 6.92 Å². The Hall–Kier alpha value is -1.79. The second-order valence-corrected chi connectivity index (χ2v) is 8.15. The van der Waals surface area contributed by atoms with Crippen molar-refractivity contribution in [3.05, 3.63) is 54.1 Å². The Morgan fingerprint density at radius 2 is 1.83 bits per heavy atom. The number of nitrogens with one attached hydrogen (secondary N) is 1. The van der Waals surface area contributed by atoms with E-state index >= 15 is 0 Å². The summed E-state index contributed by atoms with van der Waals surface area (Å²) in [5.41, 5.74) is 1.67. The van der Waals surface area contributed by atoms with Crippen molar-refractivity contribution < 1.29 is 13.2 Å². The van der Waals surface area contributed by atoms with Crippen molar-refractivity contribution in [1.82, 2.24) is 0 Å². The van der Waals surface area contributed by atoms with Crippen LogP contribution in [0.15, 0.2) is 58.3 Å². The first-order valence-corrected chi connectivity index (χ1v) is 10.0. The first kappa shape index (κ1) is 17.6.